The molecule has 4 rings (SSSR count). The summed E-state index contributed by atoms with van der Waals surface area (Å²) in [5, 5.41) is 30.3. The molecule has 0 aliphatic heterocycles. The van der Waals surface area contributed by atoms with Gasteiger partial charge in [-0.3, -0.25) is 9.59 Å². The molecular formula is C26H20O8. The van der Waals surface area contributed by atoms with Gasteiger partial charge in [0.15, 0.2) is 5.43 Å². The topological polar surface area (TPSA) is 134 Å². The molecule has 4 aromatic rings. The molecule has 0 amide bonds. The second-order valence-corrected chi connectivity index (χ2v) is 7.63. The number of aromatic carboxylic acids is 1. The number of rotatable bonds is 6. The predicted molar refractivity (Wildman–Crippen MR) is 123 cm³/mol. The highest BCUT2D eigenvalue weighted by Crippen LogP contribution is 2.43. The van der Waals surface area contributed by atoms with Crippen molar-refractivity contribution in [1.82, 2.24) is 0 Å². The van der Waals surface area contributed by atoms with Gasteiger partial charge in [0.25, 0.3) is 0 Å². The summed E-state index contributed by atoms with van der Waals surface area (Å²) in [5.74, 6) is -3.24. The Balaban J connectivity index is 2.01. The number of carboxylic acid groups (broad SMARTS) is 1. The SMILES string of the molecule is COC(=O)C[C@@H](c1ccc(C(=O)O)cc1)c1c(O)cc(O)c2c(=O)cc(-c3ccccc3)oc12. The van der Waals surface area contributed by atoms with Crippen LogP contribution < -0.4 is 5.43 Å². The Bertz CT molecular complexity index is 1440. The van der Waals surface area contributed by atoms with Crippen molar-refractivity contribution < 1.29 is 34.1 Å². The normalized spacial score (nSPS) is 11.8. The third kappa shape index (κ3) is 4.21. The summed E-state index contributed by atoms with van der Waals surface area (Å²) in [6.07, 6.45) is -0.240. The Hall–Kier alpha value is -4.59. The van der Waals surface area contributed by atoms with E-state index < -0.39 is 34.8 Å². The minimum Gasteiger partial charge on any atom is -0.507 e. The van der Waals surface area contributed by atoms with Crippen LogP contribution in [0.3, 0.4) is 0 Å². The summed E-state index contributed by atoms with van der Waals surface area (Å²) in [6, 6.07) is 16.8. The molecule has 0 spiro atoms. The lowest BCUT2D eigenvalue weighted by molar-refractivity contribution is -0.140. The number of benzene rings is 3. The van der Waals surface area contributed by atoms with Crippen LogP contribution in [0.25, 0.3) is 22.3 Å². The summed E-state index contributed by atoms with van der Waals surface area (Å²) < 4.78 is 10.9. The average Bonchev–Trinajstić information content (AvgIpc) is 2.83. The zero-order valence-corrected chi connectivity index (χ0v) is 18.0. The molecule has 3 N–H and O–H groups in total. The molecule has 0 aliphatic carbocycles. The lowest BCUT2D eigenvalue weighted by atomic mass is 9.86. The number of ether oxygens (including phenoxy) is 1. The van der Waals surface area contributed by atoms with Crippen LogP contribution in [-0.2, 0) is 9.53 Å². The fourth-order valence-corrected chi connectivity index (χ4v) is 3.90. The van der Waals surface area contributed by atoms with Crippen molar-refractivity contribution in [3.8, 4) is 22.8 Å². The van der Waals surface area contributed by atoms with Gasteiger partial charge in [-0.2, -0.15) is 0 Å². The van der Waals surface area contributed by atoms with Crippen LogP contribution in [0.1, 0.15) is 33.8 Å². The molecule has 0 fully saturated rings. The van der Waals surface area contributed by atoms with Crippen molar-refractivity contribution in [2.45, 2.75) is 12.3 Å². The lowest BCUT2D eigenvalue weighted by Crippen LogP contribution is -2.12. The maximum atomic E-state index is 13.0. The summed E-state index contributed by atoms with van der Waals surface area (Å²) >= 11 is 0. The number of aromatic hydroxyl groups is 2. The number of hydrogen-bond acceptors (Lipinski definition) is 7. The van der Waals surface area contributed by atoms with Crippen LogP contribution in [0, 0.1) is 0 Å². The van der Waals surface area contributed by atoms with E-state index in [0.29, 0.717) is 11.1 Å². The molecule has 1 aromatic heterocycles. The highest BCUT2D eigenvalue weighted by molar-refractivity contribution is 5.91. The molecule has 8 heteroatoms. The van der Waals surface area contributed by atoms with E-state index in [9.17, 15) is 29.7 Å². The third-order valence-electron chi connectivity index (χ3n) is 5.56. The van der Waals surface area contributed by atoms with Crippen LogP contribution in [0.5, 0.6) is 11.5 Å². The number of fused-ring (bicyclic) bond motifs is 1. The molecule has 172 valence electrons. The molecule has 0 bridgehead atoms. The Labute approximate surface area is 193 Å². The molecule has 34 heavy (non-hydrogen) atoms. The van der Waals surface area contributed by atoms with E-state index in [4.69, 9.17) is 9.15 Å². The maximum absolute atomic E-state index is 13.0. The van der Waals surface area contributed by atoms with Crippen molar-refractivity contribution in [1.29, 1.82) is 0 Å². The first-order valence-electron chi connectivity index (χ1n) is 10.3. The van der Waals surface area contributed by atoms with E-state index >= 15 is 0 Å². The number of carbonyl (C=O) groups excluding carboxylic acids is 1. The number of phenolic OH excluding ortho intramolecular Hbond substituents is 2. The molecule has 0 unspecified atom stereocenters. The Kier molecular flexibility index (Phi) is 6.05. The van der Waals surface area contributed by atoms with Gasteiger partial charge in [0.2, 0.25) is 0 Å². The first kappa shape index (κ1) is 22.6. The molecule has 1 heterocycles. The van der Waals surface area contributed by atoms with Gasteiger partial charge >= 0.3 is 11.9 Å². The highest BCUT2D eigenvalue weighted by Gasteiger charge is 2.28. The molecule has 8 nitrogen and oxygen atoms in total. The summed E-state index contributed by atoms with van der Waals surface area (Å²) in [5.41, 5.74) is 0.599. The number of esters is 1. The summed E-state index contributed by atoms with van der Waals surface area (Å²) in [4.78, 5) is 36.5. The molecule has 3 aromatic carbocycles. The van der Waals surface area contributed by atoms with Crippen LogP contribution in [0.4, 0.5) is 0 Å². The number of carbonyl (C=O) groups is 2. The average molecular weight is 460 g/mol. The van der Waals surface area contributed by atoms with Gasteiger partial charge in [-0.05, 0) is 17.7 Å². The minimum atomic E-state index is -1.12. The zero-order chi connectivity index (χ0) is 24.4. The largest absolute Gasteiger partial charge is 0.507 e. The first-order chi connectivity index (χ1) is 16.3. The van der Waals surface area contributed by atoms with Crippen molar-refractivity contribution in [2.24, 2.45) is 0 Å². The lowest BCUT2D eigenvalue weighted by Gasteiger charge is -2.20. The summed E-state index contributed by atoms with van der Waals surface area (Å²) in [7, 11) is 1.22. The smallest absolute Gasteiger partial charge is 0.335 e. The zero-order valence-electron chi connectivity index (χ0n) is 18.0. The number of carboxylic acids is 1. The van der Waals surface area contributed by atoms with E-state index in [1.807, 2.05) is 0 Å². The van der Waals surface area contributed by atoms with Crippen LogP contribution in [-0.4, -0.2) is 34.4 Å². The van der Waals surface area contributed by atoms with E-state index in [1.165, 1.54) is 37.4 Å². The van der Waals surface area contributed by atoms with Crippen LogP contribution in [0.15, 0.2) is 75.9 Å². The maximum Gasteiger partial charge on any atom is 0.335 e. The third-order valence-corrected chi connectivity index (χ3v) is 5.56. The predicted octanol–water partition coefficient (Wildman–Crippen LogP) is 4.26. The molecule has 0 saturated carbocycles. The van der Waals surface area contributed by atoms with Gasteiger partial charge in [-0.15, -0.1) is 0 Å². The Morgan fingerprint density at radius 2 is 1.65 bits per heavy atom. The van der Waals surface area contributed by atoms with E-state index in [0.717, 1.165) is 6.07 Å². The number of methoxy groups -OCH3 is 1. The van der Waals surface area contributed by atoms with Gasteiger partial charge in [0.1, 0.15) is 28.2 Å². The van der Waals surface area contributed by atoms with Crippen molar-refractivity contribution >= 4 is 22.9 Å². The second-order valence-electron chi connectivity index (χ2n) is 7.63. The summed E-state index contributed by atoms with van der Waals surface area (Å²) in [6.45, 7) is 0. The van der Waals surface area contributed by atoms with Crippen LogP contribution in [0.2, 0.25) is 0 Å². The van der Waals surface area contributed by atoms with E-state index in [2.05, 4.69) is 0 Å². The fraction of sp³-hybridized carbons (Fsp3) is 0.115. The van der Waals surface area contributed by atoms with Gasteiger partial charge in [-0.1, -0.05) is 42.5 Å². The number of phenols is 2. The number of hydrogen-bond donors (Lipinski definition) is 3. The standard InChI is InChI=1S/C26H20O8/c1-33-22(30)11-17(14-7-9-16(10-8-14)26(31)32)23-18(27)12-19(28)24-20(29)13-21(34-25(23)24)15-5-3-2-4-6-15/h2-10,12-13,17,27-28H,11H2,1H3,(H,31,32)/t17-/m0/s1. The Morgan fingerprint density at radius 3 is 2.26 bits per heavy atom. The van der Waals surface area contributed by atoms with Gasteiger partial charge < -0.3 is 24.5 Å². The van der Waals surface area contributed by atoms with Crippen molar-refractivity contribution in [2.75, 3.05) is 7.11 Å². The first-order valence-corrected chi connectivity index (χ1v) is 10.3. The molecule has 0 aliphatic rings. The van der Waals surface area contributed by atoms with Crippen LogP contribution >= 0.6 is 0 Å². The van der Waals surface area contributed by atoms with Crippen molar-refractivity contribution in [3.05, 3.63) is 93.6 Å². The fourth-order valence-electron chi connectivity index (χ4n) is 3.90. The highest BCUT2D eigenvalue weighted by atomic mass is 16.5. The molecule has 0 radical (unpaired) electrons. The monoisotopic (exact) mass is 460 g/mol. The van der Waals surface area contributed by atoms with Crippen molar-refractivity contribution in [3.63, 3.8) is 0 Å². The molecule has 1 atom stereocenters. The quantitative estimate of drug-likeness (QED) is 0.363. The second kappa shape index (κ2) is 9.11. The Morgan fingerprint density at radius 1 is 0.971 bits per heavy atom. The minimum absolute atomic E-state index is 0.0400. The molecule has 0 saturated heterocycles. The van der Waals surface area contributed by atoms with Gasteiger partial charge in [-0.25, -0.2) is 4.79 Å². The van der Waals surface area contributed by atoms with Gasteiger partial charge in [0.05, 0.1) is 19.1 Å². The van der Waals surface area contributed by atoms with E-state index in [1.54, 1.807) is 30.3 Å². The molecular weight excluding hydrogens is 440 g/mol. The van der Waals surface area contributed by atoms with E-state index in [-0.39, 0.29) is 34.3 Å². The van der Waals surface area contributed by atoms with Gasteiger partial charge in [0, 0.05) is 29.2 Å².